The molecular formula is C18H18F3N3OS. The molecule has 0 unspecified atom stereocenters. The number of H-pyrrole nitrogens is 1. The van der Waals surface area contributed by atoms with Crippen molar-refractivity contribution >= 4 is 18.1 Å². The molecule has 1 aromatic heterocycles. The average molecular weight is 381 g/mol. The zero-order chi connectivity index (χ0) is 18.7. The fourth-order valence-electron chi connectivity index (χ4n) is 2.93. The number of rotatable bonds is 3. The third-order valence-corrected chi connectivity index (χ3v) is 4.73. The second kappa shape index (κ2) is 7.59. The second-order valence-electron chi connectivity index (χ2n) is 6.18. The molecule has 4 nitrogen and oxygen atoms in total. The number of nitrogens with one attached hydrogen (secondary N) is 1. The molecule has 0 spiro atoms. The summed E-state index contributed by atoms with van der Waals surface area (Å²) in [7, 11) is 0. The summed E-state index contributed by atoms with van der Waals surface area (Å²) in [5, 5.41) is 0. The lowest BCUT2D eigenvalue weighted by molar-refractivity contribution is -0.137. The van der Waals surface area contributed by atoms with Gasteiger partial charge in [-0.25, -0.2) is 0 Å². The first kappa shape index (κ1) is 18.6. The number of halogens is 3. The summed E-state index contributed by atoms with van der Waals surface area (Å²) in [6.07, 6.45) is -2.63. The van der Waals surface area contributed by atoms with Gasteiger partial charge in [0.1, 0.15) is 4.64 Å². The predicted molar refractivity (Wildman–Crippen MR) is 94.3 cm³/mol. The van der Waals surface area contributed by atoms with E-state index in [0.29, 0.717) is 42.9 Å². The van der Waals surface area contributed by atoms with E-state index in [1.807, 2.05) is 0 Å². The maximum Gasteiger partial charge on any atom is 0.416 e. The zero-order valence-electron chi connectivity index (χ0n) is 13.9. The Bertz CT molecular complexity index is 825. The molecule has 1 aliphatic heterocycles. The van der Waals surface area contributed by atoms with E-state index in [0.717, 1.165) is 17.7 Å². The van der Waals surface area contributed by atoms with Crippen molar-refractivity contribution in [1.82, 2.24) is 14.8 Å². The molecule has 26 heavy (non-hydrogen) atoms. The van der Waals surface area contributed by atoms with E-state index < -0.39 is 11.7 Å². The van der Waals surface area contributed by atoms with Gasteiger partial charge in [0, 0.05) is 38.9 Å². The van der Waals surface area contributed by atoms with Crippen molar-refractivity contribution in [2.24, 2.45) is 0 Å². The smallest absolute Gasteiger partial charge is 0.352 e. The quantitative estimate of drug-likeness (QED) is 0.824. The summed E-state index contributed by atoms with van der Waals surface area (Å²) in [6, 6.07) is 8.66. The fourth-order valence-corrected chi connectivity index (χ4v) is 3.15. The normalized spacial score (nSPS) is 15.9. The molecule has 138 valence electrons. The maximum atomic E-state index is 12.6. The Balaban J connectivity index is 1.56. The van der Waals surface area contributed by atoms with Gasteiger partial charge in [0.15, 0.2) is 0 Å². The molecule has 1 amide bonds. The molecule has 2 aromatic rings. The lowest BCUT2D eigenvalue weighted by Crippen LogP contribution is -2.48. The van der Waals surface area contributed by atoms with Crippen LogP contribution in [0.15, 0.2) is 42.6 Å². The number of benzene rings is 1. The highest BCUT2D eigenvalue weighted by molar-refractivity contribution is 7.71. The lowest BCUT2D eigenvalue weighted by Gasteiger charge is -2.34. The standard InChI is InChI=1S/C18H18F3N3OS/c19-18(20,21)14-5-3-13(4-6-14)12-23-8-10-24(11-9-23)17(25)15-2-1-7-22-16(15)26/h1-7H,8-12H2,(H,22,26). The van der Waals surface area contributed by atoms with Crippen molar-refractivity contribution in [2.75, 3.05) is 26.2 Å². The number of pyridine rings is 1. The lowest BCUT2D eigenvalue weighted by atomic mass is 10.1. The molecule has 2 heterocycles. The largest absolute Gasteiger partial charge is 0.416 e. The number of amides is 1. The monoisotopic (exact) mass is 381 g/mol. The number of piperazine rings is 1. The van der Waals surface area contributed by atoms with Gasteiger partial charge < -0.3 is 9.88 Å². The van der Waals surface area contributed by atoms with E-state index in [-0.39, 0.29) is 5.91 Å². The van der Waals surface area contributed by atoms with E-state index in [2.05, 4.69) is 9.88 Å². The molecule has 0 saturated carbocycles. The Labute approximate surface area is 154 Å². The molecular weight excluding hydrogens is 363 g/mol. The Kier molecular flexibility index (Phi) is 5.43. The molecule has 0 atom stereocenters. The number of aromatic nitrogens is 1. The summed E-state index contributed by atoms with van der Waals surface area (Å²) in [4.78, 5) is 19.3. The van der Waals surface area contributed by atoms with Gasteiger partial charge in [0.2, 0.25) is 0 Å². The van der Waals surface area contributed by atoms with Gasteiger partial charge in [-0.2, -0.15) is 13.2 Å². The summed E-state index contributed by atoms with van der Waals surface area (Å²) in [6.45, 7) is 3.00. The predicted octanol–water partition coefficient (Wildman–Crippen LogP) is 3.72. The number of hydrogen-bond acceptors (Lipinski definition) is 3. The topological polar surface area (TPSA) is 39.3 Å². The molecule has 3 rings (SSSR count). The number of hydrogen-bond donors (Lipinski definition) is 1. The van der Waals surface area contributed by atoms with Crippen LogP contribution in [-0.4, -0.2) is 46.9 Å². The van der Waals surface area contributed by atoms with Gasteiger partial charge in [-0.3, -0.25) is 9.69 Å². The summed E-state index contributed by atoms with van der Waals surface area (Å²) in [5.74, 6) is -0.0963. The van der Waals surface area contributed by atoms with Crippen LogP contribution in [0.2, 0.25) is 0 Å². The van der Waals surface area contributed by atoms with Gasteiger partial charge in [-0.05, 0) is 29.8 Å². The molecule has 0 radical (unpaired) electrons. The number of nitrogens with zero attached hydrogens (tertiary/aromatic N) is 2. The van der Waals surface area contributed by atoms with Crippen LogP contribution in [0.25, 0.3) is 0 Å². The first-order chi connectivity index (χ1) is 12.3. The number of alkyl halides is 3. The molecule has 1 N–H and O–H groups in total. The first-order valence-electron chi connectivity index (χ1n) is 8.20. The highest BCUT2D eigenvalue weighted by atomic mass is 32.1. The molecule has 0 bridgehead atoms. The van der Waals surface area contributed by atoms with Crippen molar-refractivity contribution in [3.05, 3.63) is 63.9 Å². The minimum absolute atomic E-state index is 0.0963. The van der Waals surface area contributed by atoms with Crippen LogP contribution in [0.1, 0.15) is 21.5 Å². The Morgan fingerprint density at radius 3 is 2.31 bits per heavy atom. The number of carbonyl (C=O) groups is 1. The van der Waals surface area contributed by atoms with E-state index in [9.17, 15) is 18.0 Å². The van der Waals surface area contributed by atoms with Gasteiger partial charge in [0.05, 0.1) is 11.1 Å². The molecule has 1 aliphatic rings. The summed E-state index contributed by atoms with van der Waals surface area (Å²) < 4.78 is 38.2. The summed E-state index contributed by atoms with van der Waals surface area (Å²) >= 11 is 5.15. The third-order valence-electron chi connectivity index (χ3n) is 4.40. The van der Waals surface area contributed by atoms with E-state index >= 15 is 0 Å². The molecule has 8 heteroatoms. The van der Waals surface area contributed by atoms with Crippen LogP contribution in [0, 0.1) is 4.64 Å². The van der Waals surface area contributed by atoms with E-state index in [1.165, 1.54) is 12.1 Å². The van der Waals surface area contributed by atoms with Crippen molar-refractivity contribution in [1.29, 1.82) is 0 Å². The van der Waals surface area contributed by atoms with Gasteiger partial charge >= 0.3 is 6.18 Å². The van der Waals surface area contributed by atoms with Crippen molar-refractivity contribution in [3.63, 3.8) is 0 Å². The summed E-state index contributed by atoms with van der Waals surface area (Å²) in [5.41, 5.74) is 0.665. The minimum Gasteiger partial charge on any atom is -0.352 e. The third kappa shape index (κ3) is 4.31. The SMILES string of the molecule is O=C(c1ccc[nH]c1=S)N1CCN(Cc2ccc(C(F)(F)F)cc2)CC1. The highest BCUT2D eigenvalue weighted by Crippen LogP contribution is 2.29. The van der Waals surface area contributed by atoms with Gasteiger partial charge in [-0.15, -0.1) is 0 Å². The van der Waals surface area contributed by atoms with Crippen LogP contribution in [-0.2, 0) is 12.7 Å². The van der Waals surface area contributed by atoms with Crippen LogP contribution in [0.4, 0.5) is 13.2 Å². The first-order valence-corrected chi connectivity index (χ1v) is 8.61. The average Bonchev–Trinajstić information content (AvgIpc) is 2.62. The Morgan fingerprint density at radius 1 is 1.08 bits per heavy atom. The fraction of sp³-hybridized carbons (Fsp3) is 0.333. The molecule has 1 saturated heterocycles. The van der Waals surface area contributed by atoms with Crippen LogP contribution in [0.5, 0.6) is 0 Å². The van der Waals surface area contributed by atoms with E-state index in [1.54, 1.807) is 23.2 Å². The van der Waals surface area contributed by atoms with Crippen LogP contribution in [0.3, 0.4) is 0 Å². The van der Waals surface area contributed by atoms with Gasteiger partial charge in [0.25, 0.3) is 5.91 Å². The van der Waals surface area contributed by atoms with Gasteiger partial charge in [-0.1, -0.05) is 24.4 Å². The van der Waals surface area contributed by atoms with Crippen molar-refractivity contribution < 1.29 is 18.0 Å². The Morgan fingerprint density at radius 2 is 1.73 bits per heavy atom. The van der Waals surface area contributed by atoms with Crippen molar-refractivity contribution in [3.8, 4) is 0 Å². The second-order valence-corrected chi connectivity index (χ2v) is 6.58. The maximum absolute atomic E-state index is 12.6. The molecule has 1 aromatic carbocycles. The van der Waals surface area contributed by atoms with E-state index in [4.69, 9.17) is 12.2 Å². The minimum atomic E-state index is -4.32. The zero-order valence-corrected chi connectivity index (χ0v) is 14.7. The number of aromatic amines is 1. The Hall–Kier alpha value is -2.19. The number of carbonyl (C=O) groups excluding carboxylic acids is 1. The van der Waals surface area contributed by atoms with Crippen LogP contribution >= 0.6 is 12.2 Å². The molecule has 0 aliphatic carbocycles. The van der Waals surface area contributed by atoms with Crippen molar-refractivity contribution in [2.45, 2.75) is 12.7 Å². The molecule has 1 fully saturated rings. The van der Waals surface area contributed by atoms with Crippen LogP contribution < -0.4 is 0 Å². The highest BCUT2D eigenvalue weighted by Gasteiger charge is 2.30.